The second kappa shape index (κ2) is 7.81. The molecule has 7 heteroatoms. The molecular weight excluding hydrogens is 340 g/mol. The van der Waals surface area contributed by atoms with Crippen LogP contribution in [0, 0.1) is 0 Å². The largest absolute Gasteiger partial charge is 0.479 e. The summed E-state index contributed by atoms with van der Waals surface area (Å²) in [7, 11) is 0. The fraction of sp³-hybridized carbons (Fsp3) is 0.167. The van der Waals surface area contributed by atoms with Crippen molar-refractivity contribution in [2.24, 2.45) is 0 Å². The summed E-state index contributed by atoms with van der Waals surface area (Å²) in [5.74, 6) is 0.839. The Balaban J connectivity index is 1.61. The minimum atomic E-state index is -0.687. The number of carbonyl (C=O) groups excluding carboxylic acids is 1. The smallest absolute Gasteiger partial charge is 0.261 e. The van der Waals surface area contributed by atoms with Gasteiger partial charge >= 0.3 is 0 Å². The Morgan fingerprint density at radius 2 is 1.92 bits per heavy atom. The lowest BCUT2D eigenvalue weighted by Crippen LogP contribution is -2.36. The summed E-state index contributed by atoms with van der Waals surface area (Å²) in [6.07, 6.45) is 0.925. The molecule has 0 aliphatic heterocycles. The lowest BCUT2D eigenvalue weighted by Gasteiger charge is -2.15. The molecule has 128 valence electrons. The minimum Gasteiger partial charge on any atom is -0.479 e. The normalized spacial score (nSPS) is 11.8. The number of amides is 1. The van der Waals surface area contributed by atoms with Crippen molar-refractivity contribution in [2.75, 3.05) is 0 Å². The molecule has 1 aromatic heterocycles. The highest BCUT2D eigenvalue weighted by molar-refractivity contribution is 6.32. The third kappa shape index (κ3) is 4.16. The summed E-state index contributed by atoms with van der Waals surface area (Å²) in [6, 6.07) is 16.7. The summed E-state index contributed by atoms with van der Waals surface area (Å²) in [4.78, 5) is 12.3. The lowest BCUT2D eigenvalue weighted by molar-refractivity contribution is -0.127. The van der Waals surface area contributed by atoms with Crippen molar-refractivity contribution in [2.45, 2.75) is 19.6 Å². The van der Waals surface area contributed by atoms with Crippen LogP contribution in [0.4, 0.5) is 0 Å². The van der Waals surface area contributed by atoms with Gasteiger partial charge in [0.25, 0.3) is 5.91 Å². The van der Waals surface area contributed by atoms with Crippen LogP contribution in [0.1, 0.15) is 12.7 Å². The van der Waals surface area contributed by atoms with E-state index in [1.807, 2.05) is 34.9 Å². The molecule has 0 aliphatic carbocycles. The molecule has 25 heavy (non-hydrogen) atoms. The highest BCUT2D eigenvalue weighted by atomic mass is 35.5. The van der Waals surface area contributed by atoms with Crippen LogP contribution in [-0.4, -0.2) is 26.8 Å². The first-order chi connectivity index (χ1) is 12.1. The molecule has 1 unspecified atom stereocenters. The number of hydrogen-bond donors (Lipinski definition) is 1. The Morgan fingerprint density at radius 3 is 2.68 bits per heavy atom. The van der Waals surface area contributed by atoms with Crippen molar-refractivity contribution in [1.29, 1.82) is 0 Å². The number of nitrogens with one attached hydrogen (secondary N) is 1. The van der Waals surface area contributed by atoms with Crippen LogP contribution in [0.5, 0.6) is 5.75 Å². The molecule has 0 saturated carbocycles. The maximum Gasteiger partial charge on any atom is 0.261 e. The Bertz CT molecular complexity index is 851. The predicted molar refractivity (Wildman–Crippen MR) is 94.7 cm³/mol. The molecule has 3 aromatic rings. The van der Waals surface area contributed by atoms with Crippen LogP contribution in [0.15, 0.2) is 60.9 Å². The van der Waals surface area contributed by atoms with Crippen molar-refractivity contribution in [3.63, 3.8) is 0 Å². The van der Waals surface area contributed by atoms with Gasteiger partial charge in [0.1, 0.15) is 12.1 Å². The molecule has 3 rings (SSSR count). The second-order valence-corrected chi connectivity index (χ2v) is 5.77. The zero-order chi connectivity index (χ0) is 17.6. The Kier molecular flexibility index (Phi) is 5.30. The molecule has 0 aliphatic rings. The molecule has 0 saturated heterocycles. The third-order valence-corrected chi connectivity index (χ3v) is 3.90. The van der Waals surface area contributed by atoms with E-state index in [0.717, 1.165) is 5.69 Å². The van der Waals surface area contributed by atoms with E-state index < -0.39 is 6.10 Å². The van der Waals surface area contributed by atoms with Gasteiger partial charge in [-0.1, -0.05) is 41.9 Å². The van der Waals surface area contributed by atoms with Crippen molar-refractivity contribution < 1.29 is 9.53 Å². The number of ether oxygens (including phenoxy) is 1. The Morgan fingerprint density at radius 1 is 1.20 bits per heavy atom. The number of rotatable bonds is 6. The van der Waals surface area contributed by atoms with Crippen LogP contribution in [0.2, 0.25) is 5.02 Å². The van der Waals surface area contributed by atoms with Gasteiger partial charge in [0.05, 0.1) is 11.6 Å². The van der Waals surface area contributed by atoms with E-state index in [2.05, 4.69) is 15.5 Å². The lowest BCUT2D eigenvalue weighted by atomic mass is 10.3. The molecule has 0 fully saturated rings. The van der Waals surface area contributed by atoms with Gasteiger partial charge in [0, 0.05) is 5.69 Å². The van der Waals surface area contributed by atoms with E-state index in [4.69, 9.17) is 16.3 Å². The first-order valence-electron chi connectivity index (χ1n) is 7.78. The first kappa shape index (κ1) is 17.0. The Labute approximate surface area is 150 Å². The molecule has 1 N–H and O–H groups in total. The average molecular weight is 357 g/mol. The van der Waals surface area contributed by atoms with Crippen molar-refractivity contribution >= 4 is 17.5 Å². The molecule has 0 spiro atoms. The van der Waals surface area contributed by atoms with Crippen molar-refractivity contribution in [3.05, 3.63) is 71.8 Å². The van der Waals surface area contributed by atoms with Crippen LogP contribution >= 0.6 is 11.6 Å². The highest BCUT2D eigenvalue weighted by Gasteiger charge is 2.17. The topological polar surface area (TPSA) is 69.0 Å². The van der Waals surface area contributed by atoms with Gasteiger partial charge in [-0.05, 0) is 31.2 Å². The average Bonchev–Trinajstić information content (AvgIpc) is 3.11. The number of aromatic nitrogens is 3. The molecule has 0 radical (unpaired) electrons. The summed E-state index contributed by atoms with van der Waals surface area (Å²) in [5, 5.41) is 11.2. The molecule has 6 nitrogen and oxygen atoms in total. The van der Waals surface area contributed by atoms with Crippen molar-refractivity contribution in [1.82, 2.24) is 20.1 Å². The zero-order valence-electron chi connectivity index (χ0n) is 13.6. The molecule has 1 atom stereocenters. The fourth-order valence-corrected chi connectivity index (χ4v) is 2.46. The van der Waals surface area contributed by atoms with Crippen LogP contribution < -0.4 is 10.1 Å². The zero-order valence-corrected chi connectivity index (χ0v) is 14.3. The molecule has 0 bridgehead atoms. The number of carbonyl (C=O) groups is 1. The van der Waals surface area contributed by atoms with Crippen LogP contribution in [0.3, 0.4) is 0 Å². The summed E-state index contributed by atoms with van der Waals surface area (Å²) in [5.41, 5.74) is 0.928. The van der Waals surface area contributed by atoms with Gasteiger partial charge in [-0.3, -0.25) is 9.36 Å². The maximum absolute atomic E-state index is 12.3. The molecular formula is C18H17ClN4O2. The number of nitrogens with zero attached hydrogens (tertiary/aromatic N) is 3. The number of benzene rings is 2. The quantitative estimate of drug-likeness (QED) is 0.737. The Hall–Kier alpha value is -2.86. The monoisotopic (exact) mass is 356 g/mol. The van der Waals surface area contributed by atoms with Crippen LogP contribution in [-0.2, 0) is 11.3 Å². The minimum absolute atomic E-state index is 0.240. The number of hydrogen-bond acceptors (Lipinski definition) is 4. The second-order valence-electron chi connectivity index (χ2n) is 5.36. The van der Waals surface area contributed by atoms with Gasteiger partial charge in [-0.25, -0.2) is 0 Å². The van der Waals surface area contributed by atoms with Crippen LogP contribution in [0.25, 0.3) is 5.69 Å². The summed E-state index contributed by atoms with van der Waals surface area (Å²) in [6.45, 7) is 1.91. The number of halogens is 1. The van der Waals surface area contributed by atoms with Gasteiger partial charge in [-0.15, -0.1) is 10.2 Å². The number of para-hydroxylation sites is 2. The van der Waals surface area contributed by atoms with Gasteiger partial charge in [0.15, 0.2) is 11.9 Å². The molecule has 1 heterocycles. The van der Waals surface area contributed by atoms with E-state index in [1.54, 1.807) is 37.5 Å². The van der Waals surface area contributed by atoms with E-state index in [9.17, 15) is 4.79 Å². The third-order valence-electron chi connectivity index (χ3n) is 3.58. The predicted octanol–water partition coefficient (Wildman–Crippen LogP) is 3.00. The highest BCUT2D eigenvalue weighted by Crippen LogP contribution is 2.24. The summed E-state index contributed by atoms with van der Waals surface area (Å²) < 4.78 is 7.42. The fourth-order valence-electron chi connectivity index (χ4n) is 2.28. The standard InChI is InChI=1S/C18H17ClN4O2/c1-13(25-16-10-6-5-9-15(16)19)18(24)20-11-17-22-21-12-23(17)14-7-3-2-4-8-14/h2-10,12-13H,11H2,1H3,(H,20,24). The van der Waals surface area contributed by atoms with E-state index in [1.165, 1.54) is 0 Å². The first-order valence-corrected chi connectivity index (χ1v) is 8.16. The SMILES string of the molecule is CC(Oc1ccccc1Cl)C(=O)NCc1nncn1-c1ccccc1. The van der Waals surface area contributed by atoms with Crippen molar-refractivity contribution in [3.8, 4) is 11.4 Å². The van der Waals surface area contributed by atoms with Gasteiger partial charge < -0.3 is 10.1 Å². The molecule has 2 aromatic carbocycles. The van der Waals surface area contributed by atoms with E-state index >= 15 is 0 Å². The maximum atomic E-state index is 12.3. The van der Waals surface area contributed by atoms with Gasteiger partial charge in [-0.2, -0.15) is 0 Å². The van der Waals surface area contributed by atoms with E-state index in [0.29, 0.717) is 16.6 Å². The van der Waals surface area contributed by atoms with E-state index in [-0.39, 0.29) is 12.5 Å². The van der Waals surface area contributed by atoms with Gasteiger partial charge in [0.2, 0.25) is 0 Å². The summed E-state index contributed by atoms with van der Waals surface area (Å²) >= 11 is 6.04. The molecule has 1 amide bonds.